The highest BCUT2D eigenvalue weighted by atomic mass is 35.5. The van der Waals surface area contributed by atoms with Gasteiger partial charge in [-0.25, -0.2) is 4.79 Å². The summed E-state index contributed by atoms with van der Waals surface area (Å²) >= 11 is 9.03. The van der Waals surface area contributed by atoms with E-state index in [1.807, 2.05) is 19.1 Å². The minimum Gasteiger partial charge on any atom is -0.462 e. The summed E-state index contributed by atoms with van der Waals surface area (Å²) < 4.78 is 5.42. The van der Waals surface area contributed by atoms with Crippen molar-refractivity contribution < 1.29 is 23.9 Å². The van der Waals surface area contributed by atoms with Crippen LogP contribution in [0.2, 0.25) is 5.02 Å². The second-order valence-corrected chi connectivity index (χ2v) is 14.6. The molecular formula is C39H40ClN3O5S2. The number of nitrogens with one attached hydrogen (secondary N) is 3. The number of anilines is 2. The first kappa shape index (κ1) is 36.9. The molecule has 5 rings (SSSR count). The summed E-state index contributed by atoms with van der Waals surface area (Å²) in [6, 6.07) is 22.8. The molecule has 3 amide bonds. The average Bonchev–Trinajstić information content (AvgIpc) is 3.42. The van der Waals surface area contributed by atoms with Crippen LogP contribution in [0.1, 0.15) is 82.7 Å². The van der Waals surface area contributed by atoms with Crippen molar-refractivity contribution in [3.63, 3.8) is 0 Å². The van der Waals surface area contributed by atoms with Crippen LogP contribution in [0.4, 0.5) is 10.7 Å². The summed E-state index contributed by atoms with van der Waals surface area (Å²) in [6.07, 6.45) is 8.12. The molecule has 4 aromatic rings. The van der Waals surface area contributed by atoms with E-state index in [2.05, 4.69) is 16.0 Å². The number of thioether (sulfide) groups is 1. The molecule has 0 bridgehead atoms. The molecule has 1 aliphatic carbocycles. The van der Waals surface area contributed by atoms with Gasteiger partial charge in [-0.2, -0.15) is 0 Å². The van der Waals surface area contributed by atoms with Crippen molar-refractivity contribution in [1.29, 1.82) is 0 Å². The van der Waals surface area contributed by atoms with Gasteiger partial charge in [-0.1, -0.05) is 67.8 Å². The lowest BCUT2D eigenvalue weighted by atomic mass is 9.96. The third-order valence-electron chi connectivity index (χ3n) is 8.11. The minimum atomic E-state index is -0.527. The summed E-state index contributed by atoms with van der Waals surface area (Å²) in [5.74, 6) is -1.56. The van der Waals surface area contributed by atoms with Gasteiger partial charge in [0.1, 0.15) is 10.7 Å². The van der Waals surface area contributed by atoms with Crippen molar-refractivity contribution in [2.24, 2.45) is 0 Å². The molecule has 1 atom stereocenters. The second kappa shape index (κ2) is 18.0. The zero-order chi connectivity index (χ0) is 35.5. The molecule has 11 heteroatoms. The third kappa shape index (κ3) is 9.87. The summed E-state index contributed by atoms with van der Waals surface area (Å²) in [5, 5.41) is 9.27. The van der Waals surface area contributed by atoms with Gasteiger partial charge >= 0.3 is 5.97 Å². The Morgan fingerprint density at radius 3 is 2.40 bits per heavy atom. The summed E-state index contributed by atoms with van der Waals surface area (Å²) in [5.41, 5.74) is 3.07. The zero-order valence-corrected chi connectivity index (χ0v) is 30.4. The molecule has 1 aromatic heterocycles. The molecule has 3 aromatic carbocycles. The number of carbonyl (C=O) groups excluding carboxylic acids is 4. The largest absolute Gasteiger partial charge is 0.462 e. The van der Waals surface area contributed by atoms with Crippen LogP contribution in [0.3, 0.4) is 0 Å². The van der Waals surface area contributed by atoms with Crippen molar-refractivity contribution in [1.82, 2.24) is 5.32 Å². The molecule has 50 heavy (non-hydrogen) atoms. The molecule has 1 aliphatic rings. The second-order valence-electron chi connectivity index (χ2n) is 11.8. The number of ether oxygens (including phenoxy) is 1. The molecule has 0 saturated carbocycles. The molecule has 0 fully saturated rings. The Labute approximate surface area is 306 Å². The number of fused-ring (bicyclic) bond motifs is 1. The monoisotopic (exact) mass is 729 g/mol. The lowest BCUT2D eigenvalue weighted by Crippen LogP contribution is -2.30. The van der Waals surface area contributed by atoms with Crippen LogP contribution in [-0.2, 0) is 27.2 Å². The Hall–Kier alpha value is -4.38. The van der Waals surface area contributed by atoms with E-state index in [0.717, 1.165) is 53.9 Å². The highest BCUT2D eigenvalue weighted by Crippen LogP contribution is 2.38. The Balaban J connectivity index is 1.32. The first-order valence-corrected chi connectivity index (χ1v) is 18.9. The van der Waals surface area contributed by atoms with Crippen LogP contribution in [0.5, 0.6) is 0 Å². The van der Waals surface area contributed by atoms with Crippen molar-refractivity contribution in [2.75, 3.05) is 17.2 Å². The molecule has 8 nitrogen and oxygen atoms in total. The van der Waals surface area contributed by atoms with E-state index in [-0.39, 0.29) is 18.2 Å². The van der Waals surface area contributed by atoms with Gasteiger partial charge in [0.15, 0.2) is 0 Å². The third-order valence-corrected chi connectivity index (χ3v) is 10.9. The molecule has 260 valence electrons. The number of benzene rings is 3. The van der Waals surface area contributed by atoms with Crippen molar-refractivity contribution in [2.45, 2.75) is 68.9 Å². The van der Waals surface area contributed by atoms with Crippen LogP contribution >= 0.6 is 34.7 Å². The fraction of sp³-hybridized carbons (Fsp3) is 0.282. The Morgan fingerprint density at radius 2 is 1.66 bits per heavy atom. The highest BCUT2D eigenvalue weighted by Gasteiger charge is 2.28. The van der Waals surface area contributed by atoms with E-state index in [0.29, 0.717) is 38.8 Å². The minimum absolute atomic E-state index is 0.0347. The maximum Gasteiger partial charge on any atom is 0.341 e. The first-order chi connectivity index (χ1) is 24.2. The topological polar surface area (TPSA) is 114 Å². The average molecular weight is 730 g/mol. The highest BCUT2D eigenvalue weighted by molar-refractivity contribution is 8.00. The number of hydrogen-bond acceptors (Lipinski definition) is 7. The lowest BCUT2D eigenvalue weighted by Gasteiger charge is -2.16. The van der Waals surface area contributed by atoms with E-state index >= 15 is 0 Å². The smallest absolute Gasteiger partial charge is 0.341 e. The summed E-state index contributed by atoms with van der Waals surface area (Å²) in [4.78, 5) is 55.3. The zero-order valence-electron chi connectivity index (χ0n) is 28.1. The molecular weight excluding hydrogens is 690 g/mol. The SMILES string of the molecule is CCOC(=O)c1c(NC(=O)C(CC)Sc2cccc(NC(=O)/C(=C/c3cccc(Cl)c3)NC(=O)c3ccccc3)c2)sc2c1CCCCCC2. The van der Waals surface area contributed by atoms with E-state index in [9.17, 15) is 19.2 Å². The first-order valence-electron chi connectivity index (χ1n) is 16.8. The standard InChI is InChI=1S/C39H40ClN3O5S2/c1-3-32(37(46)43-38-34(39(47)48-4-2)30-20-10-5-6-11-21-33(30)50-38)49-29-19-13-18-28(24-29)41-36(45)31(23-25-14-12-17-27(40)22-25)42-35(44)26-15-8-7-9-16-26/h7-9,12-19,22-24,32H,3-6,10-11,20-21H2,1-2H3,(H,41,45)(H,42,44)(H,43,46)/b31-23-. The maximum atomic E-state index is 13.7. The predicted octanol–water partition coefficient (Wildman–Crippen LogP) is 9.16. The normalized spacial score (nSPS) is 13.6. The number of halogens is 1. The van der Waals surface area contributed by atoms with Crippen molar-refractivity contribution in [3.05, 3.63) is 117 Å². The van der Waals surface area contributed by atoms with Gasteiger partial charge in [-0.3, -0.25) is 14.4 Å². The van der Waals surface area contributed by atoms with Gasteiger partial charge in [0.2, 0.25) is 5.91 Å². The van der Waals surface area contributed by atoms with Gasteiger partial charge in [-0.05, 0) is 98.7 Å². The van der Waals surface area contributed by atoms with Crippen molar-refractivity contribution >= 4 is 75.2 Å². The number of amides is 3. The number of thiophene rings is 1. The predicted molar refractivity (Wildman–Crippen MR) is 203 cm³/mol. The fourth-order valence-corrected chi connectivity index (χ4v) is 8.15. The van der Waals surface area contributed by atoms with Crippen LogP contribution in [0.25, 0.3) is 6.08 Å². The van der Waals surface area contributed by atoms with E-state index in [1.54, 1.807) is 79.7 Å². The Bertz CT molecular complexity index is 1870. The number of hydrogen-bond donors (Lipinski definition) is 3. The summed E-state index contributed by atoms with van der Waals surface area (Å²) in [6.45, 7) is 3.98. The number of aryl methyl sites for hydroxylation is 1. The van der Waals surface area contributed by atoms with Gasteiger partial charge in [0, 0.05) is 26.0 Å². The van der Waals surface area contributed by atoms with Gasteiger partial charge < -0.3 is 20.7 Å². The van der Waals surface area contributed by atoms with Crippen LogP contribution < -0.4 is 16.0 Å². The quantitative estimate of drug-likeness (QED) is 0.0762. The van der Waals surface area contributed by atoms with E-state index in [1.165, 1.54) is 23.1 Å². The molecule has 0 saturated heterocycles. The van der Waals surface area contributed by atoms with Gasteiger partial charge in [0.05, 0.1) is 17.4 Å². The molecule has 0 aliphatic heterocycles. The molecule has 1 heterocycles. The van der Waals surface area contributed by atoms with Gasteiger partial charge in [0.25, 0.3) is 11.8 Å². The van der Waals surface area contributed by atoms with Crippen LogP contribution in [0.15, 0.2) is 89.5 Å². The molecule has 0 spiro atoms. The van der Waals surface area contributed by atoms with Crippen LogP contribution in [-0.4, -0.2) is 35.5 Å². The van der Waals surface area contributed by atoms with E-state index in [4.69, 9.17) is 16.3 Å². The van der Waals surface area contributed by atoms with E-state index < -0.39 is 23.0 Å². The fourth-order valence-electron chi connectivity index (χ4n) is 5.66. The number of rotatable bonds is 12. The summed E-state index contributed by atoms with van der Waals surface area (Å²) in [7, 11) is 0. The Morgan fingerprint density at radius 1 is 0.900 bits per heavy atom. The molecule has 0 radical (unpaired) electrons. The molecule has 1 unspecified atom stereocenters. The number of esters is 1. The van der Waals surface area contributed by atoms with Gasteiger partial charge in [-0.15, -0.1) is 23.1 Å². The maximum absolute atomic E-state index is 13.7. The Kier molecular flexibility index (Phi) is 13.3. The van der Waals surface area contributed by atoms with Crippen molar-refractivity contribution in [3.8, 4) is 0 Å². The molecule has 3 N–H and O–H groups in total. The van der Waals surface area contributed by atoms with Crippen LogP contribution in [0, 0.1) is 0 Å². The lowest BCUT2D eigenvalue weighted by molar-refractivity contribution is -0.116. The number of carbonyl (C=O) groups is 4.